The molecule has 9 atom stereocenters. The molecule has 0 spiro atoms. The van der Waals surface area contributed by atoms with Crippen molar-refractivity contribution in [1.82, 2.24) is 0 Å². The largest absolute Gasteiger partial charge is 0.489 e. The van der Waals surface area contributed by atoms with Crippen LogP contribution in [0.25, 0.3) is 0 Å². The van der Waals surface area contributed by atoms with Crippen molar-refractivity contribution in [2.24, 2.45) is 17.8 Å². The van der Waals surface area contributed by atoms with Crippen LogP contribution in [0.3, 0.4) is 0 Å². The lowest BCUT2D eigenvalue weighted by atomic mass is 9.86. The molecule has 57 heavy (non-hydrogen) atoms. The average Bonchev–Trinajstić information content (AvgIpc) is 3.87. The van der Waals surface area contributed by atoms with E-state index >= 15 is 0 Å². The predicted octanol–water partition coefficient (Wildman–Crippen LogP) is 8.84. The standard InChI is InChI=1S/C31H44O4Si.C17H22O4/c1-9-10-13-21(2)26(33)19-18-24-27(35-36(7,8)31(4,5)6)20-28-29(24)25-17-12-16-23(30(25)34-28)15-11-14-22(3)32;1-10(19)4-2-5-11-6-3-7-12-16-13(9-18)14(20)8-15(16)21-17(11)12/h12,16-19,21,24,27-29H,11,13-15,20H2,1-8H3;3,6-7,13-16,18,20H,2,4-5,8-9H2,1H3/b19-18+;/t21-,24-,27+,28-,29-;13-,14+,15-,16+/m00/s1. The molecule has 0 bridgehead atoms. The van der Waals surface area contributed by atoms with Gasteiger partial charge in [0.1, 0.15) is 35.3 Å². The molecule has 0 amide bonds. The second kappa shape index (κ2) is 19.0. The summed E-state index contributed by atoms with van der Waals surface area (Å²) in [6, 6.07) is 12.5. The number of para-hydroxylation sites is 2. The summed E-state index contributed by atoms with van der Waals surface area (Å²) in [6.45, 7) is 18.4. The Labute approximate surface area is 342 Å². The Hall–Kier alpha value is -3.55. The van der Waals surface area contributed by atoms with Gasteiger partial charge < -0.3 is 33.7 Å². The fourth-order valence-electron chi connectivity index (χ4n) is 8.83. The Bertz CT molecular complexity index is 1850. The van der Waals surface area contributed by atoms with Crippen molar-refractivity contribution in [3.05, 3.63) is 70.8 Å². The van der Waals surface area contributed by atoms with Crippen molar-refractivity contribution in [2.45, 2.75) is 161 Å². The highest BCUT2D eigenvalue weighted by molar-refractivity contribution is 6.74. The molecule has 2 saturated carbocycles. The number of fused-ring (bicyclic) bond motifs is 6. The zero-order chi connectivity index (χ0) is 41.7. The summed E-state index contributed by atoms with van der Waals surface area (Å²) in [7, 11) is -2.01. The molecule has 4 aliphatic rings. The van der Waals surface area contributed by atoms with E-state index in [0.29, 0.717) is 25.7 Å². The normalized spacial score (nSPS) is 26.2. The maximum absolute atomic E-state index is 12.9. The van der Waals surface area contributed by atoms with E-state index in [1.54, 1.807) is 26.8 Å². The Morgan fingerprint density at radius 2 is 1.46 bits per heavy atom. The summed E-state index contributed by atoms with van der Waals surface area (Å²) in [5.41, 5.74) is 4.63. The summed E-state index contributed by atoms with van der Waals surface area (Å²) in [4.78, 5) is 35.4. The zero-order valence-corrected chi connectivity index (χ0v) is 36.7. The molecule has 8 nitrogen and oxygen atoms in total. The second-order valence-corrected chi connectivity index (χ2v) is 23.1. The lowest BCUT2D eigenvalue weighted by molar-refractivity contribution is -0.118. The number of ketones is 3. The first-order valence-electron chi connectivity index (χ1n) is 21.1. The zero-order valence-electron chi connectivity index (χ0n) is 35.7. The summed E-state index contributed by atoms with van der Waals surface area (Å²) in [5, 5.41) is 19.6. The summed E-state index contributed by atoms with van der Waals surface area (Å²) >= 11 is 0. The van der Waals surface area contributed by atoms with Gasteiger partial charge >= 0.3 is 0 Å². The molecule has 2 heterocycles. The van der Waals surface area contributed by atoms with E-state index < -0.39 is 14.4 Å². The first kappa shape index (κ1) is 44.5. The molecular formula is C48H66O8Si. The Balaban J connectivity index is 0.000000249. The minimum Gasteiger partial charge on any atom is -0.489 e. The highest BCUT2D eigenvalue weighted by Gasteiger charge is 2.53. The van der Waals surface area contributed by atoms with Crippen LogP contribution in [0.5, 0.6) is 11.5 Å². The third-order valence-corrected chi connectivity index (χ3v) is 17.5. The van der Waals surface area contributed by atoms with Crippen LogP contribution in [0.1, 0.15) is 128 Å². The third kappa shape index (κ3) is 10.4. The predicted molar refractivity (Wildman–Crippen MR) is 227 cm³/mol. The molecule has 2 N–H and O–H groups in total. The van der Waals surface area contributed by atoms with Gasteiger partial charge in [-0.05, 0) is 81.8 Å². The third-order valence-electron chi connectivity index (χ3n) is 13.0. The number of carbonyl (C=O) groups excluding carboxylic acids is 3. The number of hydrogen-bond acceptors (Lipinski definition) is 8. The molecule has 2 aromatic carbocycles. The smallest absolute Gasteiger partial charge is 0.192 e. The molecule has 0 saturated heterocycles. The maximum Gasteiger partial charge on any atom is 0.192 e. The van der Waals surface area contributed by atoms with Gasteiger partial charge in [-0.15, -0.1) is 11.8 Å². The van der Waals surface area contributed by atoms with E-state index in [1.807, 2.05) is 25.1 Å². The first-order chi connectivity index (χ1) is 27.0. The summed E-state index contributed by atoms with van der Waals surface area (Å²) in [6.07, 6.45) is 9.90. The van der Waals surface area contributed by atoms with Gasteiger partial charge in [0.15, 0.2) is 14.1 Å². The number of allylic oxidation sites excluding steroid dienone is 1. The van der Waals surface area contributed by atoms with Crippen LogP contribution in [0.4, 0.5) is 0 Å². The lowest BCUT2D eigenvalue weighted by Gasteiger charge is -2.40. The van der Waals surface area contributed by atoms with Crippen molar-refractivity contribution in [2.75, 3.05) is 6.61 Å². The molecule has 2 aromatic rings. The average molecular weight is 799 g/mol. The monoisotopic (exact) mass is 798 g/mol. The van der Waals surface area contributed by atoms with Gasteiger partial charge in [0.25, 0.3) is 0 Å². The number of benzene rings is 2. The quantitative estimate of drug-likeness (QED) is 0.104. The Morgan fingerprint density at radius 1 is 0.912 bits per heavy atom. The van der Waals surface area contributed by atoms with Crippen molar-refractivity contribution >= 4 is 25.7 Å². The summed E-state index contributed by atoms with van der Waals surface area (Å²) in [5.74, 6) is 8.44. The molecule has 0 aromatic heterocycles. The lowest BCUT2D eigenvalue weighted by Crippen LogP contribution is -2.45. The van der Waals surface area contributed by atoms with Crippen LogP contribution in [0, 0.1) is 29.6 Å². The number of aliphatic hydroxyl groups excluding tert-OH is 2. The van der Waals surface area contributed by atoms with Crippen LogP contribution in [-0.2, 0) is 31.7 Å². The number of carbonyl (C=O) groups is 3. The Morgan fingerprint density at radius 3 is 1.96 bits per heavy atom. The van der Waals surface area contributed by atoms with E-state index in [9.17, 15) is 24.6 Å². The van der Waals surface area contributed by atoms with Gasteiger partial charge in [0.2, 0.25) is 0 Å². The number of rotatable bonds is 15. The second-order valence-electron chi connectivity index (χ2n) is 18.3. The minimum atomic E-state index is -2.01. The Kier molecular flexibility index (Phi) is 14.9. The molecule has 2 aliphatic carbocycles. The van der Waals surface area contributed by atoms with Gasteiger partial charge in [-0.1, -0.05) is 70.2 Å². The summed E-state index contributed by atoms with van der Waals surface area (Å²) < 4.78 is 19.6. The van der Waals surface area contributed by atoms with Crippen molar-refractivity contribution in [3.63, 3.8) is 0 Å². The van der Waals surface area contributed by atoms with Gasteiger partial charge in [0.05, 0.1) is 12.2 Å². The molecule has 2 fully saturated rings. The van der Waals surface area contributed by atoms with Crippen LogP contribution >= 0.6 is 0 Å². The van der Waals surface area contributed by atoms with Gasteiger partial charge in [-0.3, -0.25) is 4.79 Å². The number of hydrogen-bond donors (Lipinski definition) is 2. The molecule has 9 heteroatoms. The van der Waals surface area contributed by atoms with Crippen LogP contribution in [-0.4, -0.2) is 66.9 Å². The van der Waals surface area contributed by atoms with Crippen LogP contribution in [0.2, 0.25) is 18.1 Å². The number of aliphatic hydroxyl groups is 2. The van der Waals surface area contributed by atoms with Crippen LogP contribution < -0.4 is 9.47 Å². The molecular weight excluding hydrogens is 733 g/mol. The molecule has 0 unspecified atom stereocenters. The van der Waals surface area contributed by atoms with E-state index in [-0.39, 0.29) is 76.9 Å². The van der Waals surface area contributed by atoms with Crippen molar-refractivity contribution in [3.8, 4) is 23.3 Å². The van der Waals surface area contributed by atoms with Gasteiger partial charge in [0, 0.05) is 79.4 Å². The molecule has 0 radical (unpaired) electrons. The highest BCUT2D eigenvalue weighted by atomic mass is 28.4. The first-order valence-corrected chi connectivity index (χ1v) is 24.0. The number of ether oxygens (including phenoxy) is 2. The highest BCUT2D eigenvalue weighted by Crippen LogP contribution is 2.54. The van der Waals surface area contributed by atoms with E-state index in [4.69, 9.17) is 13.9 Å². The topological polar surface area (TPSA) is 119 Å². The van der Waals surface area contributed by atoms with E-state index in [1.165, 1.54) is 11.1 Å². The van der Waals surface area contributed by atoms with Crippen molar-refractivity contribution in [1.29, 1.82) is 0 Å². The van der Waals surface area contributed by atoms with Crippen molar-refractivity contribution < 1.29 is 38.5 Å². The SMILES string of the molecule is CC#CC[C@H](C)C(=O)/C=C/[C@@H]1[C@H]2c3cccc(CCCC(C)=O)c3O[C@H]2C[C@H]1O[Si](C)(C)C(C)(C)C.CC(=O)CCCc1cccc2c1O[C@H]1C[C@@H](O)[C@H](CO)[C@@H]21. The fourth-order valence-corrected chi connectivity index (χ4v) is 10.2. The maximum atomic E-state index is 12.9. The molecule has 310 valence electrons. The van der Waals surface area contributed by atoms with Crippen LogP contribution in [0.15, 0.2) is 48.6 Å². The van der Waals surface area contributed by atoms with E-state index in [2.05, 4.69) is 70.0 Å². The number of Topliss-reactive ketones (excluding diaryl/α,β-unsaturated/α-hetero) is 2. The van der Waals surface area contributed by atoms with E-state index in [0.717, 1.165) is 54.7 Å². The van der Waals surface area contributed by atoms with Gasteiger partial charge in [-0.25, -0.2) is 0 Å². The van der Waals surface area contributed by atoms with Gasteiger partial charge in [-0.2, -0.15) is 0 Å². The fraction of sp³-hybridized carbons (Fsp3) is 0.604. The molecule has 2 aliphatic heterocycles. The molecule has 6 rings (SSSR count). The minimum absolute atomic E-state index is 0.0142. The number of aryl methyl sites for hydroxylation is 2.